The molecule has 0 saturated carbocycles. The predicted molar refractivity (Wildman–Crippen MR) is 55.1 cm³/mol. The largest absolute Gasteiger partial charge is 0.366 e. The van der Waals surface area contributed by atoms with Gasteiger partial charge in [-0.25, -0.2) is 0 Å². The molecule has 0 radical (unpaired) electrons. The van der Waals surface area contributed by atoms with E-state index in [1.807, 2.05) is 6.92 Å². The van der Waals surface area contributed by atoms with E-state index in [0.29, 0.717) is 18.3 Å². The first-order chi connectivity index (χ1) is 6.62. The lowest BCUT2D eigenvalue weighted by Crippen LogP contribution is -2.11. The Bertz CT molecular complexity index is 280. The molecule has 0 spiro atoms. The van der Waals surface area contributed by atoms with Crippen molar-refractivity contribution in [1.29, 1.82) is 0 Å². The second-order valence-electron chi connectivity index (χ2n) is 4.66. The lowest BCUT2D eigenvalue weighted by molar-refractivity contribution is -0.115. The number of carbonyl (C=O) groups excluding carboxylic acids is 1. The minimum atomic E-state index is 0.122. The summed E-state index contributed by atoms with van der Waals surface area (Å²) in [6.07, 6.45) is 7.24. The fourth-order valence-corrected chi connectivity index (χ4v) is 2.21. The van der Waals surface area contributed by atoms with Crippen LogP contribution in [0.3, 0.4) is 0 Å². The first kappa shape index (κ1) is 9.91. The summed E-state index contributed by atoms with van der Waals surface area (Å²) >= 11 is 0. The first-order valence-corrected chi connectivity index (χ1v) is 5.49. The van der Waals surface area contributed by atoms with E-state index >= 15 is 0 Å². The number of epoxide rings is 1. The van der Waals surface area contributed by atoms with Gasteiger partial charge in [0.15, 0.2) is 5.78 Å². The van der Waals surface area contributed by atoms with Gasteiger partial charge in [0.25, 0.3) is 0 Å². The number of allylic oxidation sites excluding steroid dienone is 2. The molecule has 2 unspecified atom stereocenters. The Kier molecular flexibility index (Phi) is 2.48. The van der Waals surface area contributed by atoms with Crippen molar-refractivity contribution >= 4 is 5.78 Å². The second kappa shape index (κ2) is 3.50. The number of hydrogen-bond acceptors (Lipinski definition) is 2. The molecule has 0 aromatic carbocycles. The number of ether oxygens (including phenoxy) is 1. The van der Waals surface area contributed by atoms with Gasteiger partial charge < -0.3 is 4.74 Å². The van der Waals surface area contributed by atoms with E-state index in [2.05, 4.69) is 13.0 Å². The molecule has 1 saturated heterocycles. The Morgan fingerprint density at radius 2 is 2.36 bits per heavy atom. The predicted octanol–water partition coefficient (Wildman–Crippen LogP) is 2.62. The van der Waals surface area contributed by atoms with Crippen molar-refractivity contribution in [2.24, 2.45) is 0 Å². The fraction of sp³-hybridized carbons (Fsp3) is 0.750. The smallest absolute Gasteiger partial charge is 0.158 e. The van der Waals surface area contributed by atoms with E-state index in [1.165, 1.54) is 0 Å². The third-order valence-electron chi connectivity index (χ3n) is 3.44. The number of ketones is 1. The van der Waals surface area contributed by atoms with Crippen LogP contribution in [-0.4, -0.2) is 17.5 Å². The molecule has 2 atom stereocenters. The molecular weight excluding hydrogens is 176 g/mol. The molecule has 78 valence electrons. The molecule has 2 aliphatic rings. The summed E-state index contributed by atoms with van der Waals surface area (Å²) in [5.41, 5.74) is 1.06. The van der Waals surface area contributed by atoms with Crippen LogP contribution in [0.1, 0.15) is 46.0 Å². The van der Waals surface area contributed by atoms with Crippen LogP contribution < -0.4 is 0 Å². The molecule has 2 rings (SSSR count). The zero-order chi connectivity index (χ0) is 10.2. The summed E-state index contributed by atoms with van der Waals surface area (Å²) in [5, 5.41) is 0. The normalized spacial score (nSPS) is 42.3. The van der Waals surface area contributed by atoms with Gasteiger partial charge in [0, 0.05) is 6.42 Å². The zero-order valence-corrected chi connectivity index (χ0v) is 9.01. The van der Waals surface area contributed by atoms with Crippen LogP contribution >= 0.6 is 0 Å². The highest BCUT2D eigenvalue weighted by Crippen LogP contribution is 2.43. The highest BCUT2D eigenvalue weighted by molar-refractivity contribution is 5.94. The van der Waals surface area contributed by atoms with Crippen molar-refractivity contribution in [1.82, 2.24) is 0 Å². The molecule has 14 heavy (non-hydrogen) atoms. The Morgan fingerprint density at radius 3 is 3.14 bits per heavy atom. The van der Waals surface area contributed by atoms with Gasteiger partial charge in [0.2, 0.25) is 0 Å². The molecule has 2 nitrogen and oxygen atoms in total. The van der Waals surface area contributed by atoms with Crippen LogP contribution in [0.25, 0.3) is 0 Å². The van der Waals surface area contributed by atoms with E-state index in [4.69, 9.17) is 4.74 Å². The van der Waals surface area contributed by atoms with Crippen LogP contribution in [0.15, 0.2) is 11.6 Å². The van der Waals surface area contributed by atoms with Crippen molar-refractivity contribution in [2.75, 3.05) is 0 Å². The summed E-state index contributed by atoms with van der Waals surface area (Å²) in [7, 11) is 0. The molecule has 1 aliphatic heterocycles. The van der Waals surface area contributed by atoms with Gasteiger partial charge in [-0.15, -0.1) is 0 Å². The fourth-order valence-electron chi connectivity index (χ4n) is 2.21. The number of hydrogen-bond donors (Lipinski definition) is 0. The number of rotatable bonds is 0. The van der Waals surface area contributed by atoms with Crippen molar-refractivity contribution < 1.29 is 9.53 Å². The first-order valence-electron chi connectivity index (χ1n) is 5.49. The molecule has 1 heterocycles. The lowest BCUT2D eigenvalue weighted by Gasteiger charge is -2.07. The van der Waals surface area contributed by atoms with Gasteiger partial charge in [-0.1, -0.05) is 6.08 Å². The highest BCUT2D eigenvalue weighted by atomic mass is 16.6. The van der Waals surface area contributed by atoms with Gasteiger partial charge in [-0.3, -0.25) is 4.79 Å². The van der Waals surface area contributed by atoms with Crippen molar-refractivity contribution in [3.8, 4) is 0 Å². The van der Waals surface area contributed by atoms with Gasteiger partial charge in [-0.2, -0.15) is 0 Å². The van der Waals surface area contributed by atoms with Gasteiger partial charge in [0.1, 0.15) is 0 Å². The maximum atomic E-state index is 11.5. The molecule has 1 fully saturated rings. The molecule has 0 amide bonds. The second-order valence-corrected chi connectivity index (χ2v) is 4.66. The maximum Gasteiger partial charge on any atom is 0.158 e. The molecule has 0 aromatic heterocycles. The summed E-state index contributed by atoms with van der Waals surface area (Å²) < 4.78 is 5.67. The molecule has 0 aromatic rings. The number of carbonyl (C=O) groups is 1. The summed E-state index contributed by atoms with van der Waals surface area (Å²) in [6.45, 7) is 4.11. The molecular formula is C12H18O2. The van der Waals surface area contributed by atoms with E-state index in [1.54, 1.807) is 0 Å². The van der Waals surface area contributed by atoms with E-state index in [0.717, 1.165) is 31.3 Å². The highest BCUT2D eigenvalue weighted by Gasteiger charge is 2.50. The average molecular weight is 194 g/mol. The van der Waals surface area contributed by atoms with Crippen LogP contribution in [-0.2, 0) is 9.53 Å². The van der Waals surface area contributed by atoms with Crippen LogP contribution in [0.4, 0.5) is 0 Å². The monoisotopic (exact) mass is 194 g/mol. The Balaban J connectivity index is 2.03. The van der Waals surface area contributed by atoms with E-state index in [9.17, 15) is 4.79 Å². The Morgan fingerprint density at radius 1 is 1.57 bits per heavy atom. The maximum absolute atomic E-state index is 11.5. The van der Waals surface area contributed by atoms with Crippen LogP contribution in [0.5, 0.6) is 0 Å². The standard InChI is InChI=1S/C12H18O2/c1-9-5-4-8-12(2)11(14-12)7-3-6-10(9)13/h5,11H,3-4,6-8H2,1-2H3/b9-5-. The minimum Gasteiger partial charge on any atom is -0.366 e. The lowest BCUT2D eigenvalue weighted by atomic mass is 9.94. The van der Waals surface area contributed by atoms with Crippen molar-refractivity contribution in [3.05, 3.63) is 11.6 Å². The van der Waals surface area contributed by atoms with Crippen molar-refractivity contribution in [2.45, 2.75) is 57.7 Å². The van der Waals surface area contributed by atoms with Crippen LogP contribution in [0.2, 0.25) is 0 Å². The molecule has 1 aliphatic carbocycles. The summed E-state index contributed by atoms with van der Waals surface area (Å²) in [4.78, 5) is 11.5. The van der Waals surface area contributed by atoms with E-state index in [-0.39, 0.29) is 5.60 Å². The summed E-state index contributed by atoms with van der Waals surface area (Å²) in [6, 6.07) is 0. The average Bonchev–Trinajstić information content (AvgIpc) is 2.76. The Hall–Kier alpha value is -0.630. The molecule has 0 bridgehead atoms. The number of fused-ring (bicyclic) bond motifs is 1. The molecule has 2 heteroatoms. The quantitative estimate of drug-likeness (QED) is 0.555. The SMILES string of the molecule is C/C1=C/CCC2(C)OC2CCCC1=O. The van der Waals surface area contributed by atoms with Crippen molar-refractivity contribution in [3.63, 3.8) is 0 Å². The Labute approximate surface area is 85.3 Å². The third kappa shape index (κ3) is 1.90. The minimum absolute atomic E-state index is 0.122. The third-order valence-corrected chi connectivity index (χ3v) is 3.44. The topological polar surface area (TPSA) is 29.6 Å². The van der Waals surface area contributed by atoms with E-state index < -0.39 is 0 Å². The summed E-state index contributed by atoms with van der Waals surface area (Å²) in [5.74, 6) is 0.314. The number of Topliss-reactive ketones (excluding diaryl/α,β-unsaturated/α-hetero) is 1. The van der Waals surface area contributed by atoms with Gasteiger partial charge in [0.05, 0.1) is 11.7 Å². The van der Waals surface area contributed by atoms with Gasteiger partial charge >= 0.3 is 0 Å². The molecule has 0 N–H and O–H groups in total. The zero-order valence-electron chi connectivity index (χ0n) is 9.01. The van der Waals surface area contributed by atoms with Gasteiger partial charge in [-0.05, 0) is 45.1 Å². The van der Waals surface area contributed by atoms with Crippen LogP contribution in [0, 0.1) is 0 Å².